The number of carbonyl (C=O) groups is 2. The molecule has 1 aliphatic heterocycles. The second-order valence-corrected chi connectivity index (χ2v) is 5.54. The number of urea groups is 1. The van der Waals surface area contributed by atoms with Gasteiger partial charge in [-0.05, 0) is 31.9 Å². The number of anilines is 1. The standard InChI is InChI=1S/C16H19F3N2O4/c1-2-24-14(22)11-5-4-8-21(10-11)15(23)20-12-6-3-7-13(9-12)25-16(17,18)19/h3,6-7,9,11H,2,4-5,8,10H2,1H3,(H,20,23). The zero-order valence-electron chi connectivity index (χ0n) is 13.6. The fourth-order valence-corrected chi connectivity index (χ4v) is 2.59. The third-order valence-electron chi connectivity index (χ3n) is 3.65. The summed E-state index contributed by atoms with van der Waals surface area (Å²) in [7, 11) is 0. The van der Waals surface area contributed by atoms with Gasteiger partial charge in [0.05, 0.1) is 12.5 Å². The van der Waals surface area contributed by atoms with E-state index in [9.17, 15) is 22.8 Å². The number of ether oxygens (including phenoxy) is 2. The molecule has 0 radical (unpaired) electrons. The molecule has 0 spiro atoms. The van der Waals surface area contributed by atoms with Crippen molar-refractivity contribution < 1.29 is 32.2 Å². The maximum absolute atomic E-state index is 12.3. The van der Waals surface area contributed by atoms with Gasteiger partial charge in [-0.1, -0.05) is 6.07 Å². The number of rotatable bonds is 4. The summed E-state index contributed by atoms with van der Waals surface area (Å²) in [5.74, 6) is -1.16. The van der Waals surface area contributed by atoms with E-state index in [0.717, 1.165) is 12.1 Å². The van der Waals surface area contributed by atoms with Crippen LogP contribution in [-0.2, 0) is 9.53 Å². The molecule has 1 heterocycles. The van der Waals surface area contributed by atoms with Gasteiger partial charge in [-0.25, -0.2) is 4.79 Å². The van der Waals surface area contributed by atoms with Crippen LogP contribution in [0.3, 0.4) is 0 Å². The topological polar surface area (TPSA) is 67.9 Å². The molecule has 1 atom stereocenters. The molecule has 0 aromatic heterocycles. The molecular formula is C16H19F3N2O4. The lowest BCUT2D eigenvalue weighted by Gasteiger charge is -2.31. The van der Waals surface area contributed by atoms with Gasteiger partial charge in [0, 0.05) is 24.8 Å². The quantitative estimate of drug-likeness (QED) is 0.836. The summed E-state index contributed by atoms with van der Waals surface area (Å²) in [6.45, 7) is 2.65. The third-order valence-corrected chi connectivity index (χ3v) is 3.65. The van der Waals surface area contributed by atoms with E-state index < -0.39 is 18.1 Å². The lowest BCUT2D eigenvalue weighted by atomic mass is 9.98. The SMILES string of the molecule is CCOC(=O)C1CCCN(C(=O)Nc2cccc(OC(F)(F)F)c2)C1. The van der Waals surface area contributed by atoms with Crippen LogP contribution < -0.4 is 10.1 Å². The molecule has 0 bridgehead atoms. The van der Waals surface area contributed by atoms with Crippen molar-refractivity contribution >= 4 is 17.7 Å². The smallest absolute Gasteiger partial charge is 0.466 e. The van der Waals surface area contributed by atoms with E-state index >= 15 is 0 Å². The number of halogens is 3. The van der Waals surface area contributed by atoms with Crippen LogP contribution in [0.1, 0.15) is 19.8 Å². The Balaban J connectivity index is 1.97. The Hall–Kier alpha value is -2.45. The highest BCUT2D eigenvalue weighted by Gasteiger charge is 2.31. The van der Waals surface area contributed by atoms with Crippen LogP contribution >= 0.6 is 0 Å². The first-order chi connectivity index (χ1) is 11.8. The number of piperidine rings is 1. The number of likely N-dealkylation sites (tertiary alicyclic amines) is 1. The van der Waals surface area contributed by atoms with E-state index in [1.807, 2.05) is 0 Å². The molecule has 0 saturated carbocycles. The molecule has 1 unspecified atom stereocenters. The summed E-state index contributed by atoms with van der Waals surface area (Å²) >= 11 is 0. The highest BCUT2D eigenvalue weighted by molar-refractivity contribution is 5.90. The largest absolute Gasteiger partial charge is 0.573 e. The third kappa shape index (κ3) is 5.84. The maximum atomic E-state index is 12.3. The predicted molar refractivity (Wildman–Crippen MR) is 83.1 cm³/mol. The molecule has 138 valence electrons. The van der Waals surface area contributed by atoms with Crippen molar-refractivity contribution in [1.82, 2.24) is 4.90 Å². The number of nitrogens with zero attached hydrogens (tertiary/aromatic N) is 1. The zero-order valence-corrected chi connectivity index (χ0v) is 13.6. The average Bonchev–Trinajstić information content (AvgIpc) is 2.54. The first-order valence-corrected chi connectivity index (χ1v) is 7.87. The minimum atomic E-state index is -4.80. The number of benzene rings is 1. The molecule has 2 amide bonds. The monoisotopic (exact) mass is 360 g/mol. The van der Waals surface area contributed by atoms with E-state index in [-0.39, 0.29) is 30.7 Å². The van der Waals surface area contributed by atoms with Crippen molar-refractivity contribution in [3.05, 3.63) is 24.3 Å². The van der Waals surface area contributed by atoms with Crippen molar-refractivity contribution in [2.75, 3.05) is 25.0 Å². The summed E-state index contributed by atoms with van der Waals surface area (Å²) in [5.41, 5.74) is 0.171. The molecule has 25 heavy (non-hydrogen) atoms. The minimum Gasteiger partial charge on any atom is -0.466 e. The predicted octanol–water partition coefficient (Wildman–Crippen LogP) is 3.39. The van der Waals surface area contributed by atoms with E-state index in [0.29, 0.717) is 19.4 Å². The first kappa shape index (κ1) is 18.9. The number of alkyl halides is 3. The highest BCUT2D eigenvalue weighted by atomic mass is 19.4. The lowest BCUT2D eigenvalue weighted by molar-refractivity contribution is -0.274. The summed E-state index contributed by atoms with van der Waals surface area (Å²) < 4.78 is 45.5. The van der Waals surface area contributed by atoms with Gasteiger partial charge in [0.1, 0.15) is 5.75 Å². The Morgan fingerprint density at radius 1 is 1.36 bits per heavy atom. The molecule has 1 N–H and O–H groups in total. The van der Waals surface area contributed by atoms with Crippen molar-refractivity contribution in [2.24, 2.45) is 5.92 Å². The van der Waals surface area contributed by atoms with Gasteiger partial charge in [0.2, 0.25) is 0 Å². The molecule has 2 rings (SSSR count). The van der Waals surface area contributed by atoms with Crippen LogP contribution in [0.15, 0.2) is 24.3 Å². The number of esters is 1. The van der Waals surface area contributed by atoms with Crippen molar-refractivity contribution in [3.8, 4) is 5.75 Å². The van der Waals surface area contributed by atoms with Crippen LogP contribution in [0.4, 0.5) is 23.7 Å². The normalized spacial score (nSPS) is 17.8. The van der Waals surface area contributed by atoms with Gasteiger partial charge >= 0.3 is 18.4 Å². The molecular weight excluding hydrogens is 341 g/mol. The van der Waals surface area contributed by atoms with Crippen LogP contribution in [0.25, 0.3) is 0 Å². The molecule has 1 saturated heterocycles. The number of hydrogen-bond donors (Lipinski definition) is 1. The minimum absolute atomic E-state index is 0.171. The fourth-order valence-electron chi connectivity index (χ4n) is 2.59. The second-order valence-electron chi connectivity index (χ2n) is 5.54. The van der Waals surface area contributed by atoms with Gasteiger partial charge in [0.25, 0.3) is 0 Å². The Kier molecular flexibility index (Phi) is 6.11. The Morgan fingerprint density at radius 3 is 2.80 bits per heavy atom. The molecule has 6 nitrogen and oxygen atoms in total. The average molecular weight is 360 g/mol. The molecule has 1 aromatic carbocycles. The van der Waals surface area contributed by atoms with Gasteiger partial charge in [-0.2, -0.15) is 0 Å². The number of amides is 2. The molecule has 1 aliphatic rings. The molecule has 9 heteroatoms. The summed E-state index contributed by atoms with van der Waals surface area (Å²) in [5, 5.41) is 2.52. The van der Waals surface area contributed by atoms with Gasteiger partial charge in [-0.15, -0.1) is 13.2 Å². The second kappa shape index (κ2) is 8.09. The summed E-state index contributed by atoms with van der Waals surface area (Å²) in [4.78, 5) is 25.5. The Morgan fingerprint density at radius 2 is 2.12 bits per heavy atom. The van der Waals surface area contributed by atoms with Gasteiger partial charge < -0.3 is 19.7 Å². The van der Waals surface area contributed by atoms with Crippen LogP contribution in [-0.4, -0.2) is 43.0 Å². The maximum Gasteiger partial charge on any atom is 0.573 e. The van der Waals surface area contributed by atoms with Crippen LogP contribution in [0, 0.1) is 5.92 Å². The van der Waals surface area contributed by atoms with Crippen LogP contribution in [0.2, 0.25) is 0 Å². The fraction of sp³-hybridized carbons (Fsp3) is 0.500. The Labute approximate surface area is 142 Å². The molecule has 1 aromatic rings. The molecule has 0 aliphatic carbocycles. The van der Waals surface area contributed by atoms with E-state index in [2.05, 4.69) is 10.1 Å². The van der Waals surface area contributed by atoms with Crippen LogP contribution in [0.5, 0.6) is 5.75 Å². The van der Waals surface area contributed by atoms with E-state index in [1.54, 1.807) is 6.92 Å². The summed E-state index contributed by atoms with van der Waals surface area (Å²) in [6, 6.07) is 4.53. The highest BCUT2D eigenvalue weighted by Crippen LogP contribution is 2.25. The lowest BCUT2D eigenvalue weighted by Crippen LogP contribution is -2.44. The first-order valence-electron chi connectivity index (χ1n) is 7.87. The number of carbonyl (C=O) groups excluding carboxylic acids is 2. The van der Waals surface area contributed by atoms with Crippen molar-refractivity contribution in [2.45, 2.75) is 26.1 Å². The van der Waals surface area contributed by atoms with E-state index in [1.165, 1.54) is 17.0 Å². The summed E-state index contributed by atoms with van der Waals surface area (Å²) in [6.07, 6.45) is -3.52. The number of hydrogen-bond acceptors (Lipinski definition) is 4. The Bertz CT molecular complexity index is 622. The van der Waals surface area contributed by atoms with Gasteiger partial charge in [-0.3, -0.25) is 4.79 Å². The van der Waals surface area contributed by atoms with Gasteiger partial charge in [0.15, 0.2) is 0 Å². The zero-order chi connectivity index (χ0) is 18.4. The van der Waals surface area contributed by atoms with E-state index in [4.69, 9.17) is 4.74 Å². The van der Waals surface area contributed by atoms with Crippen molar-refractivity contribution in [1.29, 1.82) is 0 Å². The van der Waals surface area contributed by atoms with Crippen molar-refractivity contribution in [3.63, 3.8) is 0 Å². The number of nitrogens with one attached hydrogen (secondary N) is 1. The molecule has 1 fully saturated rings.